The van der Waals surface area contributed by atoms with Gasteiger partial charge in [0.05, 0.1) is 5.41 Å². The van der Waals surface area contributed by atoms with E-state index >= 15 is 0 Å². The van der Waals surface area contributed by atoms with Crippen LogP contribution in [0.3, 0.4) is 0 Å². The Hall–Kier alpha value is -2.92. The van der Waals surface area contributed by atoms with Gasteiger partial charge in [0.15, 0.2) is 5.71 Å². The highest BCUT2D eigenvalue weighted by molar-refractivity contribution is 9.10. The Morgan fingerprint density at radius 1 is 0.776 bits per heavy atom. The Balaban J connectivity index is 1.26. The summed E-state index contributed by atoms with van der Waals surface area (Å²) >= 11 is 14.7. The molecule has 0 unspecified atom stereocenters. The van der Waals surface area contributed by atoms with Gasteiger partial charge in [-0.25, -0.2) is 0 Å². The summed E-state index contributed by atoms with van der Waals surface area (Å²) in [7, 11) is 0. The maximum atomic E-state index is 7.31. The predicted molar refractivity (Wildman–Crippen MR) is 219 cm³/mol. The van der Waals surface area contributed by atoms with Crippen LogP contribution >= 0.6 is 43.5 Å². The average Bonchev–Trinajstić information content (AvgIpc) is 3.42. The summed E-state index contributed by atoms with van der Waals surface area (Å²) < 4.78 is 4.77. The molecule has 0 N–H and O–H groups in total. The molecule has 0 radical (unpaired) electrons. The van der Waals surface area contributed by atoms with Crippen LogP contribution in [0.25, 0.3) is 21.5 Å². The van der Waals surface area contributed by atoms with E-state index in [4.69, 9.17) is 11.6 Å². The van der Waals surface area contributed by atoms with E-state index in [0.29, 0.717) is 0 Å². The summed E-state index contributed by atoms with van der Waals surface area (Å²) in [5.41, 5.74) is 10.4. The number of halogens is 3. The first-order chi connectivity index (χ1) is 23.5. The smallest absolute Gasteiger partial charge is 0.210 e. The molecule has 49 heavy (non-hydrogen) atoms. The zero-order valence-electron chi connectivity index (χ0n) is 29.6. The lowest BCUT2D eigenvalue weighted by atomic mass is 9.78. The zero-order valence-corrected chi connectivity index (χ0v) is 33.5. The maximum Gasteiger partial charge on any atom is 0.210 e. The minimum atomic E-state index is -0.134. The van der Waals surface area contributed by atoms with Gasteiger partial charge in [-0.1, -0.05) is 102 Å². The fourth-order valence-electron chi connectivity index (χ4n) is 8.63. The van der Waals surface area contributed by atoms with E-state index in [1.807, 2.05) is 0 Å². The van der Waals surface area contributed by atoms with E-state index in [1.54, 1.807) is 0 Å². The van der Waals surface area contributed by atoms with Crippen LogP contribution in [-0.4, -0.2) is 23.4 Å². The Bertz CT molecular complexity index is 2160. The van der Waals surface area contributed by atoms with Crippen LogP contribution in [0, 0.1) is 0 Å². The third-order valence-corrected chi connectivity index (χ3v) is 12.3. The molecule has 0 amide bonds. The summed E-state index contributed by atoms with van der Waals surface area (Å²) in [6, 6.07) is 22.5. The molecular weight excluding hydrogens is 752 g/mol. The summed E-state index contributed by atoms with van der Waals surface area (Å²) in [6.07, 6.45) is 14.6. The van der Waals surface area contributed by atoms with Gasteiger partial charge in [-0.3, -0.25) is 0 Å². The van der Waals surface area contributed by atoms with Gasteiger partial charge in [0.1, 0.15) is 6.54 Å². The lowest BCUT2D eigenvalue weighted by Gasteiger charge is -2.27. The lowest BCUT2D eigenvalue weighted by molar-refractivity contribution is -0.437. The standard InChI is InChI=1S/C44H46Br2ClN2/c1-7-24-48-36-20-12-30-26-32(45)16-18-34(30)40(36)43(3,4)38(48)22-14-28-10-9-11-29(42(28)47)15-23-39-44(5,6)41-35-19-17-33(46)27-31(35)13-21-37(41)49(39)25-8-2/h12-23,26-27H,7-11,24-25H2,1-6H3/q+1. The number of hydrogen-bond acceptors (Lipinski definition) is 1. The lowest BCUT2D eigenvalue weighted by Crippen LogP contribution is -2.28. The van der Waals surface area contributed by atoms with Crippen LogP contribution in [0.15, 0.2) is 116 Å². The molecule has 0 bridgehead atoms. The quantitative estimate of drug-likeness (QED) is 0.169. The molecule has 0 fully saturated rings. The van der Waals surface area contributed by atoms with Crippen LogP contribution in [0.4, 0.5) is 11.4 Å². The molecule has 2 heterocycles. The molecule has 4 aromatic rings. The first-order valence-electron chi connectivity index (χ1n) is 17.8. The van der Waals surface area contributed by atoms with Gasteiger partial charge in [-0.2, -0.15) is 4.58 Å². The van der Waals surface area contributed by atoms with E-state index < -0.39 is 0 Å². The molecule has 2 nitrogen and oxygen atoms in total. The molecule has 1 aliphatic carbocycles. The number of nitrogens with zero attached hydrogens (tertiary/aromatic N) is 2. The van der Waals surface area contributed by atoms with Crippen molar-refractivity contribution in [1.82, 2.24) is 0 Å². The van der Waals surface area contributed by atoms with Crippen LogP contribution in [0.1, 0.15) is 84.8 Å². The Kier molecular flexibility index (Phi) is 9.39. The number of allylic oxidation sites excluding steroid dienone is 8. The highest BCUT2D eigenvalue weighted by Gasteiger charge is 2.45. The van der Waals surface area contributed by atoms with Gasteiger partial charge in [0, 0.05) is 61.4 Å². The second-order valence-electron chi connectivity index (χ2n) is 14.9. The molecule has 2 aliphatic heterocycles. The molecule has 0 saturated heterocycles. The maximum absolute atomic E-state index is 7.31. The largest absolute Gasteiger partial charge is 0.344 e. The normalized spacial score (nSPS) is 20.1. The van der Waals surface area contributed by atoms with Gasteiger partial charge >= 0.3 is 0 Å². The molecule has 0 spiro atoms. The van der Waals surface area contributed by atoms with Crippen molar-refractivity contribution in [3.63, 3.8) is 0 Å². The minimum Gasteiger partial charge on any atom is -0.344 e. The number of anilines is 1. The summed E-state index contributed by atoms with van der Waals surface area (Å²) in [5.74, 6) is 0. The second-order valence-corrected chi connectivity index (χ2v) is 17.1. The Labute approximate surface area is 314 Å². The molecule has 252 valence electrons. The van der Waals surface area contributed by atoms with E-state index in [-0.39, 0.29) is 10.8 Å². The molecule has 4 aromatic carbocycles. The third-order valence-electron chi connectivity index (χ3n) is 10.8. The summed E-state index contributed by atoms with van der Waals surface area (Å²) in [4.78, 5) is 2.54. The Morgan fingerprint density at radius 3 is 2.12 bits per heavy atom. The number of fused-ring (bicyclic) bond motifs is 6. The molecule has 7 rings (SSSR count). The molecule has 0 saturated carbocycles. The molecule has 0 atom stereocenters. The SMILES string of the molecule is CCCN1/C(=C/C=C2\CCCC(/C=C/C3=[N+](CCC)c4ccc5cc(Br)ccc5c4C3(C)C)=C2Cl)C(C)(C)c2c1ccc1cc(Br)ccc21. The van der Waals surface area contributed by atoms with Gasteiger partial charge in [0.2, 0.25) is 5.69 Å². The number of hydrogen-bond donors (Lipinski definition) is 0. The highest BCUT2D eigenvalue weighted by Crippen LogP contribution is 2.51. The van der Waals surface area contributed by atoms with Gasteiger partial charge < -0.3 is 4.90 Å². The first-order valence-corrected chi connectivity index (χ1v) is 19.8. The third kappa shape index (κ3) is 5.90. The molecule has 0 aromatic heterocycles. The van der Waals surface area contributed by atoms with Crippen molar-refractivity contribution in [3.05, 3.63) is 127 Å². The van der Waals surface area contributed by atoms with Gasteiger partial charge in [-0.05, 0) is 120 Å². The monoisotopic (exact) mass is 795 g/mol. The highest BCUT2D eigenvalue weighted by atomic mass is 79.9. The Morgan fingerprint density at radius 2 is 1.45 bits per heavy atom. The van der Waals surface area contributed by atoms with Crippen LogP contribution in [0.2, 0.25) is 0 Å². The van der Waals surface area contributed by atoms with Crippen molar-refractivity contribution in [2.45, 2.75) is 84.5 Å². The second kappa shape index (κ2) is 13.3. The topological polar surface area (TPSA) is 6.25 Å². The van der Waals surface area contributed by atoms with Crippen molar-refractivity contribution in [3.8, 4) is 0 Å². The van der Waals surface area contributed by atoms with Crippen LogP contribution < -0.4 is 4.90 Å². The molecule has 5 heteroatoms. The molecular formula is C44H46Br2ClN2+. The van der Waals surface area contributed by atoms with Gasteiger partial charge in [0.25, 0.3) is 0 Å². The van der Waals surface area contributed by atoms with E-state index in [0.717, 1.165) is 59.2 Å². The summed E-state index contributed by atoms with van der Waals surface area (Å²) in [6.45, 7) is 16.0. The number of rotatable bonds is 7. The number of benzene rings is 4. The average molecular weight is 798 g/mol. The van der Waals surface area contributed by atoms with Crippen molar-refractivity contribution in [2.75, 3.05) is 18.0 Å². The van der Waals surface area contributed by atoms with E-state index in [2.05, 4.69) is 168 Å². The fourth-order valence-corrected chi connectivity index (χ4v) is 9.70. The van der Waals surface area contributed by atoms with E-state index in [1.165, 1.54) is 66.6 Å². The van der Waals surface area contributed by atoms with Crippen molar-refractivity contribution in [2.24, 2.45) is 0 Å². The predicted octanol–water partition coefficient (Wildman–Crippen LogP) is 13.6. The van der Waals surface area contributed by atoms with Crippen molar-refractivity contribution in [1.29, 1.82) is 0 Å². The van der Waals surface area contributed by atoms with Crippen molar-refractivity contribution >= 4 is 82.1 Å². The molecule has 3 aliphatic rings. The minimum absolute atomic E-state index is 0.134. The van der Waals surface area contributed by atoms with Gasteiger partial charge in [-0.15, -0.1) is 0 Å². The van der Waals surface area contributed by atoms with E-state index in [9.17, 15) is 0 Å². The summed E-state index contributed by atoms with van der Waals surface area (Å²) in [5, 5.41) is 6.13. The van der Waals surface area contributed by atoms with Crippen molar-refractivity contribution < 1.29 is 4.58 Å². The first kappa shape index (κ1) is 34.5. The van der Waals surface area contributed by atoms with Crippen LogP contribution in [-0.2, 0) is 10.8 Å². The van der Waals surface area contributed by atoms with Crippen LogP contribution in [0.5, 0.6) is 0 Å². The fraction of sp³-hybridized carbons (Fsp3) is 0.341. The zero-order chi connectivity index (χ0) is 34.7.